The predicted octanol–water partition coefficient (Wildman–Crippen LogP) is 6.26. The highest BCUT2D eigenvalue weighted by Gasteiger charge is 2.02. The third-order valence-electron chi connectivity index (χ3n) is 2.71. The van der Waals surface area contributed by atoms with Crippen molar-refractivity contribution in [2.45, 2.75) is 13.3 Å². The van der Waals surface area contributed by atoms with E-state index in [1.807, 2.05) is 18.2 Å². The van der Waals surface area contributed by atoms with Crippen LogP contribution < -0.4 is 0 Å². The van der Waals surface area contributed by atoms with Crippen LogP contribution in [0.25, 0.3) is 16.5 Å². The number of hydrogen-bond donors (Lipinski definition) is 0. The van der Waals surface area contributed by atoms with Crippen molar-refractivity contribution in [2.75, 3.05) is 5.33 Å². The van der Waals surface area contributed by atoms with Crippen molar-refractivity contribution in [1.82, 2.24) is 0 Å². The normalized spacial score (nSPS) is 11.8. The molecule has 1 aromatic carbocycles. The maximum absolute atomic E-state index is 6.02. The van der Waals surface area contributed by atoms with Crippen LogP contribution in [-0.4, -0.2) is 5.33 Å². The summed E-state index contributed by atoms with van der Waals surface area (Å²) in [5, 5.41) is 1.72. The molecule has 2 aromatic rings. The lowest BCUT2D eigenvalue weighted by Gasteiger charge is -1.98. The summed E-state index contributed by atoms with van der Waals surface area (Å²) >= 11 is 11.3. The fourth-order valence-electron chi connectivity index (χ4n) is 1.66. The van der Waals surface area contributed by atoms with E-state index in [-0.39, 0.29) is 0 Å². The topological polar surface area (TPSA) is 0 Å². The Hall–Kier alpha value is -0.570. The zero-order valence-electron chi connectivity index (χ0n) is 10.1. The van der Waals surface area contributed by atoms with Crippen LogP contribution in [0.2, 0.25) is 5.02 Å². The second-order valence-corrected chi connectivity index (χ2v) is 6.11. The van der Waals surface area contributed by atoms with E-state index < -0.39 is 0 Å². The minimum absolute atomic E-state index is 0.785. The smallest absolute Gasteiger partial charge is 0.0412 e. The summed E-state index contributed by atoms with van der Waals surface area (Å²) < 4.78 is 0. The van der Waals surface area contributed by atoms with Crippen LogP contribution in [0.1, 0.15) is 18.2 Å². The molecular formula is C15H14BrClS. The third-order valence-corrected chi connectivity index (χ3v) is 4.74. The molecule has 0 nitrogen and oxygen atoms in total. The summed E-state index contributed by atoms with van der Waals surface area (Å²) in [5.41, 5.74) is 2.60. The van der Waals surface area contributed by atoms with Gasteiger partial charge in [-0.25, -0.2) is 0 Å². The molecule has 0 fully saturated rings. The molecule has 18 heavy (non-hydrogen) atoms. The predicted molar refractivity (Wildman–Crippen MR) is 86.8 cm³/mol. The summed E-state index contributed by atoms with van der Waals surface area (Å²) in [7, 11) is 0. The van der Waals surface area contributed by atoms with Gasteiger partial charge in [0.1, 0.15) is 0 Å². The van der Waals surface area contributed by atoms with E-state index in [1.54, 1.807) is 11.3 Å². The Balaban J connectivity index is 2.28. The van der Waals surface area contributed by atoms with Crippen LogP contribution in [0.4, 0.5) is 0 Å². The maximum atomic E-state index is 6.02. The van der Waals surface area contributed by atoms with Crippen molar-refractivity contribution in [3.05, 3.63) is 51.9 Å². The number of benzene rings is 1. The van der Waals surface area contributed by atoms with Gasteiger partial charge in [-0.15, -0.1) is 11.3 Å². The van der Waals surface area contributed by atoms with Gasteiger partial charge in [-0.2, -0.15) is 0 Å². The van der Waals surface area contributed by atoms with Crippen molar-refractivity contribution in [3.8, 4) is 10.4 Å². The van der Waals surface area contributed by atoms with Crippen molar-refractivity contribution < 1.29 is 0 Å². The van der Waals surface area contributed by atoms with Crippen molar-refractivity contribution in [1.29, 1.82) is 0 Å². The summed E-state index contributed by atoms with van der Waals surface area (Å²) in [4.78, 5) is 2.55. The molecule has 2 rings (SSSR count). The van der Waals surface area contributed by atoms with E-state index in [9.17, 15) is 0 Å². The highest BCUT2D eigenvalue weighted by molar-refractivity contribution is 9.09. The average Bonchev–Trinajstić information content (AvgIpc) is 2.84. The molecule has 0 unspecified atom stereocenters. The first-order valence-electron chi connectivity index (χ1n) is 5.84. The molecule has 0 aliphatic heterocycles. The molecule has 1 aromatic heterocycles. The molecule has 3 heteroatoms. The van der Waals surface area contributed by atoms with Crippen LogP contribution in [0.3, 0.4) is 0 Å². The SMILES string of the molecule is CCC(=Cc1ccc(-c2cccc(Cl)c2)s1)CBr. The molecular weight excluding hydrogens is 328 g/mol. The Morgan fingerprint density at radius 1 is 1.33 bits per heavy atom. The summed E-state index contributed by atoms with van der Waals surface area (Å²) in [6, 6.07) is 12.3. The second kappa shape index (κ2) is 6.55. The molecule has 0 aliphatic rings. The number of halogens is 2. The van der Waals surface area contributed by atoms with Gasteiger partial charge in [0.2, 0.25) is 0 Å². The second-order valence-electron chi connectivity index (χ2n) is 4.00. The van der Waals surface area contributed by atoms with Gasteiger partial charge in [-0.3, -0.25) is 0 Å². The number of thiophene rings is 1. The van der Waals surface area contributed by atoms with Crippen molar-refractivity contribution in [2.24, 2.45) is 0 Å². The summed E-state index contributed by atoms with van der Waals surface area (Å²) in [6.07, 6.45) is 3.34. The minimum atomic E-state index is 0.785. The lowest BCUT2D eigenvalue weighted by Crippen LogP contribution is -1.79. The van der Waals surface area contributed by atoms with E-state index >= 15 is 0 Å². The van der Waals surface area contributed by atoms with Crippen LogP contribution >= 0.6 is 38.9 Å². The van der Waals surface area contributed by atoms with E-state index in [2.05, 4.69) is 47.1 Å². The molecule has 0 aliphatic carbocycles. The highest BCUT2D eigenvalue weighted by atomic mass is 79.9. The zero-order chi connectivity index (χ0) is 13.0. The summed E-state index contributed by atoms with van der Waals surface area (Å²) in [5.74, 6) is 0. The van der Waals surface area contributed by atoms with Gasteiger partial charge in [0.05, 0.1) is 0 Å². The lowest BCUT2D eigenvalue weighted by molar-refractivity contribution is 1.13. The molecule has 0 radical (unpaired) electrons. The van der Waals surface area contributed by atoms with Crippen LogP contribution in [-0.2, 0) is 0 Å². The zero-order valence-corrected chi connectivity index (χ0v) is 13.3. The molecule has 0 bridgehead atoms. The molecule has 0 amide bonds. The Labute approximate surface area is 125 Å². The van der Waals surface area contributed by atoms with Crippen molar-refractivity contribution >= 4 is 44.9 Å². The molecule has 94 valence electrons. The van der Waals surface area contributed by atoms with E-state index in [0.717, 1.165) is 16.8 Å². The first kappa shape index (κ1) is 13.9. The van der Waals surface area contributed by atoms with E-state index in [0.29, 0.717) is 0 Å². The number of rotatable bonds is 4. The van der Waals surface area contributed by atoms with Gasteiger partial charge in [0, 0.05) is 20.1 Å². The quantitative estimate of drug-likeness (QED) is 0.576. The average molecular weight is 342 g/mol. The minimum Gasteiger partial charge on any atom is -0.136 e. The van der Waals surface area contributed by atoms with Crippen LogP contribution in [0.15, 0.2) is 42.0 Å². The van der Waals surface area contributed by atoms with Gasteiger partial charge in [0.25, 0.3) is 0 Å². The molecule has 0 spiro atoms. The van der Waals surface area contributed by atoms with Crippen LogP contribution in [0, 0.1) is 0 Å². The van der Waals surface area contributed by atoms with Gasteiger partial charge in [-0.05, 0) is 42.3 Å². The fraction of sp³-hybridized carbons (Fsp3) is 0.200. The Morgan fingerprint density at radius 2 is 2.17 bits per heavy atom. The molecule has 0 atom stereocenters. The van der Waals surface area contributed by atoms with Gasteiger partial charge < -0.3 is 0 Å². The largest absolute Gasteiger partial charge is 0.136 e. The Kier molecular flexibility index (Phi) is 5.04. The summed E-state index contributed by atoms with van der Waals surface area (Å²) in [6.45, 7) is 2.18. The standard InChI is InChI=1S/C15H14BrClS/c1-2-11(10-16)8-14-6-7-15(18-14)12-4-3-5-13(17)9-12/h3-9H,2,10H2,1H3. The monoisotopic (exact) mass is 340 g/mol. The molecule has 1 heterocycles. The number of allylic oxidation sites excluding steroid dienone is 1. The van der Waals surface area contributed by atoms with Gasteiger partial charge in [0.15, 0.2) is 0 Å². The number of hydrogen-bond acceptors (Lipinski definition) is 1. The fourth-order valence-corrected chi connectivity index (χ4v) is 3.41. The van der Waals surface area contributed by atoms with Gasteiger partial charge >= 0.3 is 0 Å². The van der Waals surface area contributed by atoms with E-state index in [1.165, 1.54) is 20.9 Å². The number of alkyl halides is 1. The third kappa shape index (κ3) is 3.47. The van der Waals surface area contributed by atoms with E-state index in [4.69, 9.17) is 11.6 Å². The Bertz CT molecular complexity index is 551. The highest BCUT2D eigenvalue weighted by Crippen LogP contribution is 2.31. The Morgan fingerprint density at radius 3 is 2.83 bits per heavy atom. The molecule has 0 saturated carbocycles. The van der Waals surface area contributed by atoms with Crippen molar-refractivity contribution in [3.63, 3.8) is 0 Å². The first-order chi connectivity index (χ1) is 8.72. The van der Waals surface area contributed by atoms with Gasteiger partial charge in [-0.1, -0.05) is 52.2 Å². The maximum Gasteiger partial charge on any atom is 0.0412 e. The lowest BCUT2D eigenvalue weighted by atomic mass is 10.2. The first-order valence-corrected chi connectivity index (χ1v) is 8.15. The van der Waals surface area contributed by atoms with Crippen LogP contribution in [0.5, 0.6) is 0 Å². The molecule has 0 N–H and O–H groups in total. The molecule has 0 saturated heterocycles.